The molecule has 0 saturated heterocycles. The quantitative estimate of drug-likeness (QED) is 0.820. The van der Waals surface area contributed by atoms with E-state index in [0.717, 1.165) is 30.0 Å². The Morgan fingerprint density at radius 2 is 2.44 bits per heavy atom. The first-order valence-electron chi connectivity index (χ1n) is 6.33. The summed E-state index contributed by atoms with van der Waals surface area (Å²) >= 11 is 1.62. The number of aliphatic hydroxyl groups is 1. The molecule has 0 atom stereocenters. The van der Waals surface area contributed by atoms with Gasteiger partial charge in [-0.15, -0.1) is 11.3 Å². The summed E-state index contributed by atoms with van der Waals surface area (Å²) < 4.78 is 0. The van der Waals surface area contributed by atoms with E-state index < -0.39 is 0 Å². The SMILES string of the molecule is CCc1nc(CNC(=O)N(CCO)C2CC2)cs1. The first-order valence-corrected chi connectivity index (χ1v) is 7.21. The van der Waals surface area contributed by atoms with Crippen LogP contribution in [0.2, 0.25) is 0 Å². The third kappa shape index (κ3) is 3.43. The van der Waals surface area contributed by atoms with E-state index in [2.05, 4.69) is 17.2 Å². The Morgan fingerprint density at radius 1 is 1.67 bits per heavy atom. The lowest BCUT2D eigenvalue weighted by Crippen LogP contribution is -2.42. The number of nitrogens with one attached hydrogen (secondary N) is 1. The molecule has 0 aliphatic heterocycles. The zero-order valence-electron chi connectivity index (χ0n) is 10.6. The van der Waals surface area contributed by atoms with Crippen LogP contribution in [-0.2, 0) is 13.0 Å². The topological polar surface area (TPSA) is 65.5 Å². The predicted molar refractivity (Wildman–Crippen MR) is 70.5 cm³/mol. The predicted octanol–water partition coefficient (Wildman–Crippen LogP) is 1.37. The van der Waals surface area contributed by atoms with Gasteiger partial charge in [0.2, 0.25) is 0 Å². The molecular weight excluding hydrogens is 250 g/mol. The number of hydrogen-bond donors (Lipinski definition) is 2. The van der Waals surface area contributed by atoms with Gasteiger partial charge >= 0.3 is 6.03 Å². The van der Waals surface area contributed by atoms with Gasteiger partial charge in [0, 0.05) is 18.0 Å². The molecule has 1 aromatic heterocycles. The standard InChI is InChI=1S/C12H19N3O2S/c1-2-11-14-9(8-18-11)7-13-12(17)15(5-6-16)10-3-4-10/h8,10,16H,2-7H2,1H3,(H,13,17). The van der Waals surface area contributed by atoms with Crippen molar-refractivity contribution in [2.75, 3.05) is 13.2 Å². The van der Waals surface area contributed by atoms with Crippen LogP contribution in [0.25, 0.3) is 0 Å². The molecule has 0 aromatic carbocycles. The number of aryl methyl sites for hydroxylation is 1. The van der Waals surface area contributed by atoms with E-state index in [0.29, 0.717) is 19.1 Å². The molecule has 1 saturated carbocycles. The molecule has 1 heterocycles. The Bertz CT molecular complexity index is 404. The van der Waals surface area contributed by atoms with Crippen LogP contribution in [0.1, 0.15) is 30.5 Å². The Kier molecular flexibility index (Phi) is 4.54. The highest BCUT2D eigenvalue weighted by Gasteiger charge is 2.31. The minimum absolute atomic E-state index is 0.0145. The number of aromatic nitrogens is 1. The van der Waals surface area contributed by atoms with Gasteiger partial charge < -0.3 is 15.3 Å². The van der Waals surface area contributed by atoms with Gasteiger partial charge in [-0.3, -0.25) is 0 Å². The van der Waals surface area contributed by atoms with E-state index in [4.69, 9.17) is 5.11 Å². The Labute approximate surface area is 111 Å². The summed E-state index contributed by atoms with van der Waals surface area (Å²) in [7, 11) is 0. The molecule has 1 aromatic rings. The van der Waals surface area contributed by atoms with Crippen LogP contribution >= 0.6 is 11.3 Å². The second-order valence-corrected chi connectivity index (χ2v) is 5.34. The number of rotatable bonds is 6. The van der Waals surface area contributed by atoms with Gasteiger partial charge in [-0.1, -0.05) is 6.92 Å². The van der Waals surface area contributed by atoms with Crippen molar-refractivity contribution in [3.8, 4) is 0 Å². The third-order valence-electron chi connectivity index (χ3n) is 2.91. The number of urea groups is 1. The Balaban J connectivity index is 1.82. The van der Waals surface area contributed by atoms with Crippen LogP contribution in [0.5, 0.6) is 0 Å². The zero-order chi connectivity index (χ0) is 13.0. The molecule has 1 fully saturated rings. The average molecular weight is 269 g/mol. The fraction of sp³-hybridized carbons (Fsp3) is 0.667. The first kappa shape index (κ1) is 13.3. The van der Waals surface area contributed by atoms with Crippen LogP contribution in [0.15, 0.2) is 5.38 Å². The highest BCUT2D eigenvalue weighted by molar-refractivity contribution is 7.09. The fourth-order valence-electron chi connectivity index (χ4n) is 1.80. The first-order chi connectivity index (χ1) is 8.74. The maximum Gasteiger partial charge on any atom is 0.318 e. The maximum atomic E-state index is 11.9. The third-order valence-corrected chi connectivity index (χ3v) is 3.95. The monoisotopic (exact) mass is 269 g/mol. The fourth-order valence-corrected chi connectivity index (χ4v) is 2.55. The van der Waals surface area contributed by atoms with Crippen molar-refractivity contribution in [2.45, 2.75) is 38.8 Å². The minimum Gasteiger partial charge on any atom is -0.395 e. The highest BCUT2D eigenvalue weighted by atomic mass is 32.1. The van der Waals surface area contributed by atoms with Crippen molar-refractivity contribution in [1.82, 2.24) is 15.2 Å². The summed E-state index contributed by atoms with van der Waals surface area (Å²) in [6.45, 7) is 2.95. The summed E-state index contributed by atoms with van der Waals surface area (Å²) in [5.74, 6) is 0. The summed E-state index contributed by atoms with van der Waals surface area (Å²) in [6.07, 6.45) is 3.02. The minimum atomic E-state index is -0.0994. The Morgan fingerprint density at radius 3 is 3.00 bits per heavy atom. The number of carbonyl (C=O) groups is 1. The summed E-state index contributed by atoms with van der Waals surface area (Å²) in [4.78, 5) is 18.1. The molecule has 0 spiro atoms. The molecule has 0 bridgehead atoms. The van der Waals surface area contributed by atoms with Gasteiger partial charge in [-0.25, -0.2) is 9.78 Å². The van der Waals surface area contributed by atoms with E-state index >= 15 is 0 Å². The van der Waals surface area contributed by atoms with Gasteiger partial charge in [0.15, 0.2) is 0 Å². The number of amides is 2. The molecule has 0 radical (unpaired) electrons. The van der Waals surface area contributed by atoms with E-state index in [1.807, 2.05) is 5.38 Å². The van der Waals surface area contributed by atoms with Gasteiger partial charge in [0.1, 0.15) is 0 Å². The molecule has 5 nitrogen and oxygen atoms in total. The van der Waals surface area contributed by atoms with Gasteiger partial charge in [-0.2, -0.15) is 0 Å². The van der Waals surface area contributed by atoms with Crippen molar-refractivity contribution in [2.24, 2.45) is 0 Å². The number of carbonyl (C=O) groups excluding carboxylic acids is 1. The Hall–Kier alpha value is -1.14. The van der Waals surface area contributed by atoms with Crippen LogP contribution < -0.4 is 5.32 Å². The largest absolute Gasteiger partial charge is 0.395 e. The highest BCUT2D eigenvalue weighted by Crippen LogP contribution is 2.26. The lowest BCUT2D eigenvalue weighted by molar-refractivity contribution is 0.173. The van der Waals surface area contributed by atoms with Gasteiger partial charge in [-0.05, 0) is 19.3 Å². The lowest BCUT2D eigenvalue weighted by atomic mass is 10.4. The molecule has 2 rings (SSSR count). The van der Waals surface area contributed by atoms with E-state index in [1.54, 1.807) is 16.2 Å². The van der Waals surface area contributed by atoms with E-state index in [-0.39, 0.29) is 12.6 Å². The smallest absolute Gasteiger partial charge is 0.318 e. The number of nitrogens with zero attached hydrogens (tertiary/aromatic N) is 2. The van der Waals surface area contributed by atoms with Crippen LogP contribution in [0, 0.1) is 0 Å². The van der Waals surface area contributed by atoms with Crippen molar-refractivity contribution < 1.29 is 9.90 Å². The number of hydrogen-bond acceptors (Lipinski definition) is 4. The zero-order valence-corrected chi connectivity index (χ0v) is 11.4. The van der Waals surface area contributed by atoms with Crippen molar-refractivity contribution >= 4 is 17.4 Å². The molecule has 2 amide bonds. The van der Waals surface area contributed by atoms with Crippen LogP contribution in [-0.4, -0.2) is 40.2 Å². The van der Waals surface area contributed by atoms with Crippen molar-refractivity contribution in [3.63, 3.8) is 0 Å². The second kappa shape index (κ2) is 6.15. The van der Waals surface area contributed by atoms with Gasteiger partial charge in [0.05, 0.1) is 23.9 Å². The number of aliphatic hydroxyl groups excluding tert-OH is 1. The molecule has 2 N–H and O–H groups in total. The summed E-state index contributed by atoms with van der Waals surface area (Å²) in [5, 5.41) is 14.9. The molecular formula is C12H19N3O2S. The lowest BCUT2D eigenvalue weighted by Gasteiger charge is -2.21. The molecule has 0 unspecified atom stereocenters. The molecule has 100 valence electrons. The van der Waals surface area contributed by atoms with E-state index in [1.165, 1.54) is 0 Å². The summed E-state index contributed by atoms with van der Waals surface area (Å²) in [5.41, 5.74) is 0.907. The average Bonchev–Trinajstić information content (AvgIpc) is 3.11. The molecule has 6 heteroatoms. The van der Waals surface area contributed by atoms with Crippen LogP contribution in [0.3, 0.4) is 0 Å². The maximum absolute atomic E-state index is 11.9. The molecule has 1 aliphatic rings. The summed E-state index contributed by atoms with van der Waals surface area (Å²) in [6, 6.07) is 0.219. The van der Waals surface area contributed by atoms with Crippen LogP contribution in [0.4, 0.5) is 4.79 Å². The normalized spacial score (nSPS) is 14.6. The second-order valence-electron chi connectivity index (χ2n) is 4.39. The van der Waals surface area contributed by atoms with E-state index in [9.17, 15) is 4.79 Å². The van der Waals surface area contributed by atoms with Gasteiger partial charge in [0.25, 0.3) is 0 Å². The van der Waals surface area contributed by atoms with Crippen molar-refractivity contribution in [1.29, 1.82) is 0 Å². The van der Waals surface area contributed by atoms with Crippen molar-refractivity contribution in [3.05, 3.63) is 16.1 Å². The molecule has 1 aliphatic carbocycles. The molecule has 18 heavy (non-hydrogen) atoms. The number of thiazole rings is 1.